The first-order valence-electron chi connectivity index (χ1n) is 6.04. The fourth-order valence-corrected chi connectivity index (χ4v) is 3.71. The molecule has 0 aliphatic rings. The van der Waals surface area contributed by atoms with Crippen molar-refractivity contribution in [2.75, 3.05) is 0 Å². The molecule has 1 atom stereocenters. The van der Waals surface area contributed by atoms with E-state index in [4.69, 9.17) is 11.1 Å². The third-order valence-corrected chi connectivity index (χ3v) is 4.76. The lowest BCUT2D eigenvalue weighted by Crippen LogP contribution is -2.37. The summed E-state index contributed by atoms with van der Waals surface area (Å²) in [4.78, 5) is 0.206. The summed E-state index contributed by atoms with van der Waals surface area (Å²) in [5, 5.41) is 11.4. The van der Waals surface area contributed by atoms with Gasteiger partial charge in [-0.15, -0.1) is 0 Å². The minimum absolute atomic E-state index is 0.0332. The highest BCUT2D eigenvalue weighted by atomic mass is 32.2. The molecule has 7 nitrogen and oxygen atoms in total. The number of aryl methyl sites for hydroxylation is 2. The molecule has 0 aliphatic carbocycles. The molecule has 1 aromatic heterocycles. The summed E-state index contributed by atoms with van der Waals surface area (Å²) in [5.74, 6) is -0.0332. The summed E-state index contributed by atoms with van der Waals surface area (Å²) in [6, 6.07) is -0.374. The summed E-state index contributed by atoms with van der Waals surface area (Å²) in [6.07, 6.45) is 0.769. The molecule has 0 fully saturated rings. The van der Waals surface area contributed by atoms with Crippen molar-refractivity contribution in [3.63, 3.8) is 0 Å². The molecule has 0 saturated carbocycles. The number of amidine groups is 1. The summed E-state index contributed by atoms with van der Waals surface area (Å²) in [7, 11) is -1.94. The molecule has 108 valence electrons. The Morgan fingerprint density at radius 2 is 2.11 bits per heavy atom. The second kappa shape index (κ2) is 5.70. The van der Waals surface area contributed by atoms with Gasteiger partial charge in [0, 0.05) is 19.5 Å². The first kappa shape index (κ1) is 15.6. The molecule has 0 saturated heterocycles. The number of nitrogens with two attached hydrogens (primary N) is 1. The monoisotopic (exact) mass is 287 g/mol. The van der Waals surface area contributed by atoms with Gasteiger partial charge in [0.05, 0.1) is 17.2 Å². The van der Waals surface area contributed by atoms with Crippen LogP contribution >= 0.6 is 0 Å². The van der Waals surface area contributed by atoms with Gasteiger partial charge in [-0.2, -0.15) is 5.10 Å². The molecule has 1 heterocycles. The highest BCUT2D eigenvalue weighted by molar-refractivity contribution is 7.89. The Morgan fingerprint density at radius 3 is 2.47 bits per heavy atom. The fraction of sp³-hybridized carbons (Fsp3) is 0.636. The summed E-state index contributed by atoms with van der Waals surface area (Å²) >= 11 is 0. The highest BCUT2D eigenvalue weighted by Gasteiger charge is 2.26. The van der Waals surface area contributed by atoms with E-state index in [0.717, 1.165) is 0 Å². The second-order valence-corrected chi connectivity index (χ2v) is 6.23. The van der Waals surface area contributed by atoms with Crippen molar-refractivity contribution >= 4 is 15.9 Å². The number of nitrogens with one attached hydrogen (secondary N) is 2. The van der Waals surface area contributed by atoms with Crippen LogP contribution in [0, 0.1) is 19.3 Å². The molecule has 19 heavy (non-hydrogen) atoms. The molecule has 0 bridgehead atoms. The number of hydrogen-bond donors (Lipinski definition) is 3. The molecular weight excluding hydrogens is 266 g/mol. The molecule has 4 N–H and O–H groups in total. The van der Waals surface area contributed by atoms with Gasteiger partial charge in [-0.3, -0.25) is 10.1 Å². The predicted molar refractivity (Wildman–Crippen MR) is 73.6 cm³/mol. The smallest absolute Gasteiger partial charge is 0.244 e. The highest BCUT2D eigenvalue weighted by Crippen LogP contribution is 2.19. The minimum Gasteiger partial charge on any atom is -0.388 e. The Morgan fingerprint density at radius 1 is 1.53 bits per heavy atom. The Hall–Kier alpha value is -1.41. The molecule has 0 spiro atoms. The average Bonchev–Trinajstić information content (AvgIpc) is 2.51. The van der Waals surface area contributed by atoms with Gasteiger partial charge >= 0.3 is 0 Å². The van der Waals surface area contributed by atoms with E-state index in [1.54, 1.807) is 20.9 Å². The fourth-order valence-electron chi connectivity index (χ4n) is 1.96. The van der Waals surface area contributed by atoms with Crippen LogP contribution in [0.4, 0.5) is 0 Å². The van der Waals surface area contributed by atoms with E-state index in [-0.39, 0.29) is 23.2 Å². The van der Waals surface area contributed by atoms with E-state index in [1.807, 2.05) is 6.92 Å². The first-order valence-corrected chi connectivity index (χ1v) is 7.52. The van der Waals surface area contributed by atoms with Gasteiger partial charge < -0.3 is 5.73 Å². The number of rotatable bonds is 6. The molecule has 0 radical (unpaired) electrons. The van der Waals surface area contributed by atoms with Crippen molar-refractivity contribution in [1.82, 2.24) is 14.5 Å². The standard InChI is InChI=1S/C11H21N5O2S/c1-5-9(6-10(12)13)15-19(17,18)11-7(2)14-16(4)8(11)3/h9,15H,5-6H2,1-4H3,(H3,12,13). The van der Waals surface area contributed by atoms with Gasteiger partial charge in [-0.05, 0) is 20.3 Å². The molecule has 0 aliphatic heterocycles. The van der Waals surface area contributed by atoms with Crippen molar-refractivity contribution in [2.24, 2.45) is 12.8 Å². The van der Waals surface area contributed by atoms with E-state index in [1.165, 1.54) is 4.68 Å². The van der Waals surface area contributed by atoms with Gasteiger partial charge in [0.1, 0.15) is 4.90 Å². The van der Waals surface area contributed by atoms with Crippen LogP contribution in [0.25, 0.3) is 0 Å². The lowest BCUT2D eigenvalue weighted by atomic mass is 10.1. The van der Waals surface area contributed by atoms with E-state index in [2.05, 4.69) is 9.82 Å². The maximum Gasteiger partial charge on any atom is 0.244 e. The molecule has 1 rings (SSSR count). The van der Waals surface area contributed by atoms with E-state index in [9.17, 15) is 8.42 Å². The SMILES string of the molecule is CCC(CC(=N)N)NS(=O)(=O)c1c(C)nn(C)c1C. The second-order valence-electron chi connectivity index (χ2n) is 4.58. The summed E-state index contributed by atoms with van der Waals surface area (Å²) in [6.45, 7) is 5.22. The summed E-state index contributed by atoms with van der Waals surface area (Å²) < 4.78 is 28.8. The van der Waals surface area contributed by atoms with E-state index in [0.29, 0.717) is 17.8 Å². The van der Waals surface area contributed by atoms with Crippen LogP contribution in [-0.2, 0) is 17.1 Å². The van der Waals surface area contributed by atoms with E-state index < -0.39 is 10.0 Å². The zero-order valence-corrected chi connectivity index (χ0v) is 12.5. The predicted octanol–water partition coefficient (Wildman–Crippen LogP) is 0.420. The third kappa shape index (κ3) is 3.54. The molecule has 1 unspecified atom stereocenters. The Kier molecular flexibility index (Phi) is 4.70. The van der Waals surface area contributed by atoms with Gasteiger partial charge in [0.25, 0.3) is 0 Å². The van der Waals surface area contributed by atoms with Crippen molar-refractivity contribution in [3.05, 3.63) is 11.4 Å². The molecule has 0 aromatic carbocycles. The molecular formula is C11H21N5O2S. The van der Waals surface area contributed by atoms with Crippen molar-refractivity contribution in [3.8, 4) is 0 Å². The molecule has 1 aromatic rings. The number of aromatic nitrogens is 2. The quantitative estimate of drug-likeness (QED) is 0.519. The van der Waals surface area contributed by atoms with Crippen LogP contribution in [0.15, 0.2) is 4.90 Å². The molecule has 0 amide bonds. The van der Waals surface area contributed by atoms with Crippen LogP contribution in [-0.4, -0.2) is 30.1 Å². The lowest BCUT2D eigenvalue weighted by molar-refractivity contribution is 0.544. The summed E-state index contributed by atoms with van der Waals surface area (Å²) in [5.41, 5.74) is 6.37. The minimum atomic E-state index is -3.64. The van der Waals surface area contributed by atoms with Crippen LogP contribution < -0.4 is 10.5 Å². The van der Waals surface area contributed by atoms with Crippen molar-refractivity contribution in [2.45, 2.75) is 44.6 Å². The number of nitrogens with zero attached hydrogens (tertiary/aromatic N) is 2. The van der Waals surface area contributed by atoms with Gasteiger partial charge in [-0.25, -0.2) is 13.1 Å². The van der Waals surface area contributed by atoms with Gasteiger partial charge in [-0.1, -0.05) is 6.92 Å². The van der Waals surface area contributed by atoms with E-state index >= 15 is 0 Å². The maximum absolute atomic E-state index is 12.4. The van der Waals surface area contributed by atoms with Crippen molar-refractivity contribution < 1.29 is 8.42 Å². The topological polar surface area (TPSA) is 114 Å². The van der Waals surface area contributed by atoms with Crippen LogP contribution in [0.1, 0.15) is 31.2 Å². The number of hydrogen-bond acceptors (Lipinski definition) is 4. The first-order chi connectivity index (χ1) is 8.69. The van der Waals surface area contributed by atoms with Crippen molar-refractivity contribution in [1.29, 1.82) is 5.41 Å². The average molecular weight is 287 g/mol. The van der Waals surface area contributed by atoms with Gasteiger partial charge in [0.15, 0.2) is 0 Å². The molecule has 8 heteroatoms. The van der Waals surface area contributed by atoms with Crippen LogP contribution in [0.3, 0.4) is 0 Å². The zero-order valence-electron chi connectivity index (χ0n) is 11.7. The van der Waals surface area contributed by atoms with Gasteiger partial charge in [0.2, 0.25) is 10.0 Å². The Balaban J connectivity index is 3.07. The largest absolute Gasteiger partial charge is 0.388 e. The third-order valence-electron chi connectivity index (χ3n) is 2.99. The Bertz CT molecular complexity index is 576. The zero-order chi connectivity index (χ0) is 14.8. The normalized spacial score (nSPS) is 13.5. The van der Waals surface area contributed by atoms with Crippen LogP contribution in [0.2, 0.25) is 0 Å². The number of sulfonamides is 1. The van der Waals surface area contributed by atoms with Crippen LogP contribution in [0.5, 0.6) is 0 Å². The Labute approximate surface area is 113 Å². The lowest BCUT2D eigenvalue weighted by Gasteiger charge is -2.16. The maximum atomic E-state index is 12.4.